The second-order valence-corrected chi connectivity index (χ2v) is 6.02. The van der Waals surface area contributed by atoms with Gasteiger partial charge in [-0.15, -0.1) is 0 Å². The van der Waals surface area contributed by atoms with E-state index >= 15 is 0 Å². The van der Waals surface area contributed by atoms with Crippen LogP contribution >= 0.6 is 0 Å². The Bertz CT molecular complexity index is 533. The first-order chi connectivity index (χ1) is 10.7. The lowest BCUT2D eigenvalue weighted by Gasteiger charge is -2.35. The maximum absolute atomic E-state index is 12.3. The Morgan fingerprint density at radius 2 is 2.09 bits per heavy atom. The van der Waals surface area contributed by atoms with E-state index in [1.807, 2.05) is 29.2 Å². The lowest BCUT2D eigenvalue weighted by Crippen LogP contribution is -2.49. The molecule has 0 unspecified atom stereocenters. The van der Waals surface area contributed by atoms with Gasteiger partial charge in [0.2, 0.25) is 5.91 Å². The number of benzene rings is 1. The molecule has 3 atom stereocenters. The largest absolute Gasteiger partial charge is 0.497 e. The molecule has 1 heterocycles. The number of carbonyl (C=O) groups is 1. The molecule has 1 aromatic carbocycles. The molecule has 2 aliphatic rings. The van der Waals surface area contributed by atoms with Crippen molar-refractivity contribution in [1.29, 1.82) is 0 Å². The number of piperidine rings is 1. The van der Waals surface area contributed by atoms with Crippen molar-refractivity contribution in [2.24, 2.45) is 5.92 Å². The number of amides is 1. The van der Waals surface area contributed by atoms with Crippen molar-refractivity contribution in [2.75, 3.05) is 27.4 Å². The zero-order valence-corrected chi connectivity index (χ0v) is 13.2. The Kier molecular flexibility index (Phi) is 4.52. The Labute approximate surface area is 131 Å². The van der Waals surface area contributed by atoms with Gasteiger partial charge in [0.25, 0.3) is 0 Å². The van der Waals surface area contributed by atoms with Crippen molar-refractivity contribution < 1.29 is 19.0 Å². The van der Waals surface area contributed by atoms with Crippen LogP contribution in [0.5, 0.6) is 11.5 Å². The number of hydrogen-bond acceptors (Lipinski definition) is 4. The Balaban J connectivity index is 1.66. The molecule has 1 aliphatic carbocycles. The predicted molar refractivity (Wildman–Crippen MR) is 82.1 cm³/mol. The van der Waals surface area contributed by atoms with Crippen LogP contribution in [0.2, 0.25) is 0 Å². The van der Waals surface area contributed by atoms with Crippen LogP contribution < -0.4 is 9.47 Å². The van der Waals surface area contributed by atoms with Crippen LogP contribution in [0.15, 0.2) is 24.3 Å². The fourth-order valence-electron chi connectivity index (χ4n) is 3.77. The van der Waals surface area contributed by atoms with E-state index in [2.05, 4.69) is 0 Å². The van der Waals surface area contributed by atoms with E-state index in [-0.39, 0.29) is 18.6 Å². The second kappa shape index (κ2) is 6.57. The number of fused-ring (bicyclic) bond motifs is 2. The quantitative estimate of drug-likeness (QED) is 0.807. The molecule has 0 N–H and O–H groups in total. The SMILES string of the molecule is COCC(=O)N1[C@H]2CC[C@@H](C2)[C@@H]1COc1cccc(OC)c1. The van der Waals surface area contributed by atoms with Crippen molar-refractivity contribution in [1.82, 2.24) is 4.90 Å². The molecule has 1 aromatic rings. The van der Waals surface area contributed by atoms with Crippen molar-refractivity contribution in [2.45, 2.75) is 31.3 Å². The van der Waals surface area contributed by atoms with Gasteiger partial charge in [-0.05, 0) is 37.3 Å². The van der Waals surface area contributed by atoms with Crippen LogP contribution in [-0.4, -0.2) is 50.3 Å². The molecule has 1 saturated heterocycles. The summed E-state index contributed by atoms with van der Waals surface area (Å²) in [5.41, 5.74) is 0. The number of ether oxygens (including phenoxy) is 3. The standard InChI is InChI=1S/C17H23NO4/c1-20-11-17(19)18-13-7-6-12(8-13)16(18)10-22-15-5-3-4-14(9-15)21-2/h3-5,9,12-13,16H,6-8,10-11H2,1-2H3/t12-,13-,16-/m0/s1. The molecule has 5 heteroatoms. The third-order valence-corrected chi connectivity index (χ3v) is 4.76. The van der Waals surface area contributed by atoms with E-state index in [1.165, 1.54) is 6.42 Å². The molecule has 0 spiro atoms. The minimum Gasteiger partial charge on any atom is -0.497 e. The van der Waals surface area contributed by atoms with Crippen molar-refractivity contribution >= 4 is 5.91 Å². The highest BCUT2D eigenvalue weighted by atomic mass is 16.5. The summed E-state index contributed by atoms with van der Waals surface area (Å²) in [5, 5.41) is 0. The molecule has 2 fully saturated rings. The summed E-state index contributed by atoms with van der Waals surface area (Å²) in [7, 11) is 3.20. The molecule has 3 rings (SSSR count). The van der Waals surface area contributed by atoms with Crippen molar-refractivity contribution in [3.63, 3.8) is 0 Å². The molecule has 0 radical (unpaired) electrons. The predicted octanol–water partition coefficient (Wildman–Crippen LogP) is 2.10. The number of nitrogens with zero attached hydrogens (tertiary/aromatic N) is 1. The first-order valence-corrected chi connectivity index (χ1v) is 7.80. The molecule has 0 aromatic heterocycles. The van der Waals surface area contributed by atoms with Crippen molar-refractivity contribution in [3.05, 3.63) is 24.3 Å². The number of methoxy groups -OCH3 is 2. The topological polar surface area (TPSA) is 48.0 Å². The number of hydrogen-bond donors (Lipinski definition) is 0. The van der Waals surface area contributed by atoms with Gasteiger partial charge in [-0.1, -0.05) is 6.07 Å². The molecule has 120 valence electrons. The molecule has 2 bridgehead atoms. The second-order valence-electron chi connectivity index (χ2n) is 6.02. The van der Waals surface area contributed by atoms with Gasteiger partial charge in [0, 0.05) is 19.2 Å². The van der Waals surface area contributed by atoms with E-state index in [9.17, 15) is 4.79 Å². The van der Waals surface area contributed by atoms with Crippen LogP contribution in [0.4, 0.5) is 0 Å². The van der Waals surface area contributed by atoms with Gasteiger partial charge in [0.1, 0.15) is 24.7 Å². The van der Waals surface area contributed by atoms with E-state index in [0.29, 0.717) is 18.6 Å². The average molecular weight is 305 g/mol. The summed E-state index contributed by atoms with van der Waals surface area (Å²) in [5.74, 6) is 2.18. The fraction of sp³-hybridized carbons (Fsp3) is 0.588. The van der Waals surface area contributed by atoms with Gasteiger partial charge in [0.05, 0.1) is 13.2 Å². The van der Waals surface area contributed by atoms with Crippen LogP contribution in [0.3, 0.4) is 0 Å². The van der Waals surface area contributed by atoms with Gasteiger partial charge in [-0.25, -0.2) is 0 Å². The van der Waals surface area contributed by atoms with Crippen LogP contribution in [0.1, 0.15) is 19.3 Å². The molecule has 1 aliphatic heterocycles. The Morgan fingerprint density at radius 3 is 2.86 bits per heavy atom. The van der Waals surface area contributed by atoms with Gasteiger partial charge in [-0.2, -0.15) is 0 Å². The minimum atomic E-state index is 0.0777. The number of carbonyl (C=O) groups excluding carboxylic acids is 1. The Morgan fingerprint density at radius 1 is 1.27 bits per heavy atom. The molecular weight excluding hydrogens is 282 g/mol. The van der Waals surface area contributed by atoms with Gasteiger partial charge >= 0.3 is 0 Å². The first-order valence-electron chi connectivity index (χ1n) is 7.80. The average Bonchev–Trinajstić information content (AvgIpc) is 3.14. The van der Waals surface area contributed by atoms with Crippen LogP contribution in [-0.2, 0) is 9.53 Å². The highest BCUT2D eigenvalue weighted by molar-refractivity contribution is 5.78. The van der Waals surface area contributed by atoms with Crippen LogP contribution in [0, 0.1) is 5.92 Å². The third-order valence-electron chi connectivity index (χ3n) is 4.76. The maximum Gasteiger partial charge on any atom is 0.249 e. The summed E-state index contributed by atoms with van der Waals surface area (Å²) >= 11 is 0. The zero-order valence-electron chi connectivity index (χ0n) is 13.2. The van der Waals surface area contributed by atoms with Gasteiger partial charge < -0.3 is 19.1 Å². The zero-order chi connectivity index (χ0) is 15.5. The molecule has 1 saturated carbocycles. The monoisotopic (exact) mass is 305 g/mol. The summed E-state index contributed by atoms with van der Waals surface area (Å²) in [6.45, 7) is 0.683. The fourth-order valence-corrected chi connectivity index (χ4v) is 3.77. The normalized spacial score (nSPS) is 26.3. The van der Waals surface area contributed by atoms with Gasteiger partial charge in [-0.3, -0.25) is 4.79 Å². The molecule has 22 heavy (non-hydrogen) atoms. The third kappa shape index (κ3) is 2.90. The number of rotatable bonds is 6. The Hall–Kier alpha value is -1.75. The lowest BCUT2D eigenvalue weighted by atomic mass is 9.99. The highest BCUT2D eigenvalue weighted by Gasteiger charge is 2.48. The lowest BCUT2D eigenvalue weighted by molar-refractivity contribution is -0.140. The highest BCUT2D eigenvalue weighted by Crippen LogP contribution is 2.42. The first kappa shape index (κ1) is 15.2. The van der Waals surface area contributed by atoms with E-state index in [0.717, 1.165) is 24.3 Å². The minimum absolute atomic E-state index is 0.0777. The van der Waals surface area contributed by atoms with Crippen LogP contribution in [0.25, 0.3) is 0 Å². The van der Waals surface area contributed by atoms with E-state index in [1.54, 1.807) is 14.2 Å². The smallest absolute Gasteiger partial charge is 0.249 e. The summed E-state index contributed by atoms with van der Waals surface area (Å²) in [4.78, 5) is 14.3. The summed E-state index contributed by atoms with van der Waals surface area (Å²) < 4.78 is 16.2. The molecule has 1 amide bonds. The molecule has 5 nitrogen and oxygen atoms in total. The van der Waals surface area contributed by atoms with Crippen molar-refractivity contribution in [3.8, 4) is 11.5 Å². The van der Waals surface area contributed by atoms with E-state index in [4.69, 9.17) is 14.2 Å². The van der Waals surface area contributed by atoms with Gasteiger partial charge in [0.15, 0.2) is 0 Å². The maximum atomic E-state index is 12.3. The number of likely N-dealkylation sites (tertiary alicyclic amines) is 1. The van der Waals surface area contributed by atoms with E-state index < -0.39 is 0 Å². The summed E-state index contributed by atoms with van der Waals surface area (Å²) in [6.07, 6.45) is 3.39. The molecular formula is C17H23NO4. The summed E-state index contributed by atoms with van der Waals surface area (Å²) in [6, 6.07) is 8.10.